The molecule has 4 aromatic rings. The normalized spacial score (nSPS) is 18.4. The van der Waals surface area contributed by atoms with Crippen LogP contribution in [-0.2, 0) is 5.75 Å². The maximum Gasteiger partial charge on any atom is 0.247 e. The van der Waals surface area contributed by atoms with Gasteiger partial charge in [0.2, 0.25) is 11.8 Å². The van der Waals surface area contributed by atoms with Crippen molar-refractivity contribution in [2.45, 2.75) is 49.6 Å². The highest BCUT2D eigenvalue weighted by atomic mass is 32.2. The third-order valence-corrected chi connectivity index (χ3v) is 7.15. The molecule has 7 nitrogen and oxygen atoms in total. The SMILES string of the molecule is COc1ccc(-c2nnc(SCc3nnc(-c4ccccc4)o3)n2[C@H]2CCCC[C@@H]2C)cc1. The van der Waals surface area contributed by atoms with Gasteiger partial charge in [0, 0.05) is 17.2 Å². The summed E-state index contributed by atoms with van der Waals surface area (Å²) in [6, 6.07) is 18.2. The molecule has 0 N–H and O–H groups in total. The van der Waals surface area contributed by atoms with E-state index < -0.39 is 0 Å². The highest BCUT2D eigenvalue weighted by molar-refractivity contribution is 7.98. The monoisotopic (exact) mass is 461 g/mol. The summed E-state index contributed by atoms with van der Waals surface area (Å²) < 4.78 is 13.5. The first-order valence-electron chi connectivity index (χ1n) is 11.3. The number of hydrogen-bond acceptors (Lipinski definition) is 7. The molecular weight excluding hydrogens is 434 g/mol. The van der Waals surface area contributed by atoms with E-state index in [1.54, 1.807) is 18.9 Å². The third kappa shape index (κ3) is 4.66. The zero-order valence-electron chi connectivity index (χ0n) is 18.8. The van der Waals surface area contributed by atoms with Gasteiger partial charge in [-0.2, -0.15) is 0 Å². The molecule has 2 atom stereocenters. The van der Waals surface area contributed by atoms with Gasteiger partial charge in [0.1, 0.15) is 5.75 Å². The van der Waals surface area contributed by atoms with Gasteiger partial charge in [-0.05, 0) is 55.2 Å². The number of thioether (sulfide) groups is 1. The number of methoxy groups -OCH3 is 1. The second-order valence-electron chi connectivity index (χ2n) is 8.39. The third-order valence-electron chi connectivity index (χ3n) is 6.22. The first-order valence-corrected chi connectivity index (χ1v) is 12.3. The maximum absolute atomic E-state index is 5.90. The molecule has 2 aromatic carbocycles. The van der Waals surface area contributed by atoms with Crippen molar-refractivity contribution >= 4 is 11.8 Å². The molecule has 0 aliphatic heterocycles. The van der Waals surface area contributed by atoms with Crippen molar-refractivity contribution in [2.75, 3.05) is 7.11 Å². The van der Waals surface area contributed by atoms with Gasteiger partial charge in [-0.15, -0.1) is 20.4 Å². The minimum atomic E-state index is 0.371. The number of hydrogen-bond donors (Lipinski definition) is 0. The molecule has 2 heterocycles. The lowest BCUT2D eigenvalue weighted by atomic mass is 9.85. The second-order valence-corrected chi connectivity index (χ2v) is 9.33. The lowest BCUT2D eigenvalue weighted by Gasteiger charge is -2.31. The van der Waals surface area contributed by atoms with E-state index in [2.05, 4.69) is 31.9 Å². The topological polar surface area (TPSA) is 78.9 Å². The molecule has 0 unspecified atom stereocenters. The van der Waals surface area contributed by atoms with Gasteiger partial charge < -0.3 is 9.15 Å². The molecule has 5 rings (SSSR count). The predicted molar refractivity (Wildman–Crippen MR) is 128 cm³/mol. The van der Waals surface area contributed by atoms with Crippen molar-refractivity contribution in [3.8, 4) is 28.6 Å². The van der Waals surface area contributed by atoms with E-state index in [0.717, 1.165) is 34.3 Å². The Bertz CT molecular complexity index is 1190. The molecular formula is C25H27N5O2S. The molecule has 1 saturated carbocycles. The molecule has 33 heavy (non-hydrogen) atoms. The minimum absolute atomic E-state index is 0.371. The van der Waals surface area contributed by atoms with Gasteiger partial charge in [0.05, 0.1) is 12.9 Å². The van der Waals surface area contributed by atoms with Gasteiger partial charge >= 0.3 is 0 Å². The first kappa shape index (κ1) is 21.7. The summed E-state index contributed by atoms with van der Waals surface area (Å²) in [7, 11) is 1.68. The van der Waals surface area contributed by atoms with Crippen LogP contribution >= 0.6 is 11.8 Å². The summed E-state index contributed by atoms with van der Waals surface area (Å²) in [5.74, 6) is 3.95. The fraction of sp³-hybridized carbons (Fsp3) is 0.360. The standard InChI is InChI=1S/C25H27N5O2S/c1-17-8-6-7-11-21(17)30-23(18-12-14-20(31-2)15-13-18)27-29-25(30)33-16-22-26-28-24(32-22)19-9-4-3-5-10-19/h3-5,9-10,12-15,17,21H,6-8,11,16H2,1-2H3/t17-,21-/m0/s1. The van der Waals surface area contributed by atoms with Crippen LogP contribution in [0.5, 0.6) is 5.75 Å². The Morgan fingerprint density at radius 2 is 1.73 bits per heavy atom. The molecule has 0 amide bonds. The molecule has 0 radical (unpaired) electrons. The average molecular weight is 462 g/mol. The van der Waals surface area contributed by atoms with Crippen LogP contribution in [0.3, 0.4) is 0 Å². The molecule has 0 bridgehead atoms. The summed E-state index contributed by atoms with van der Waals surface area (Å²) >= 11 is 1.60. The Morgan fingerprint density at radius 3 is 2.48 bits per heavy atom. The Morgan fingerprint density at radius 1 is 0.939 bits per heavy atom. The number of benzene rings is 2. The van der Waals surface area contributed by atoms with Gasteiger partial charge in [-0.1, -0.05) is 49.7 Å². The molecule has 1 aliphatic carbocycles. The van der Waals surface area contributed by atoms with E-state index in [1.165, 1.54) is 19.3 Å². The van der Waals surface area contributed by atoms with Crippen molar-refractivity contribution in [1.29, 1.82) is 0 Å². The minimum Gasteiger partial charge on any atom is -0.497 e. The second kappa shape index (κ2) is 9.79. The van der Waals surface area contributed by atoms with E-state index in [-0.39, 0.29) is 0 Å². The van der Waals surface area contributed by atoms with E-state index in [4.69, 9.17) is 9.15 Å². The van der Waals surface area contributed by atoms with Crippen molar-refractivity contribution in [1.82, 2.24) is 25.0 Å². The van der Waals surface area contributed by atoms with Crippen molar-refractivity contribution in [3.63, 3.8) is 0 Å². The van der Waals surface area contributed by atoms with Crippen LogP contribution in [0.4, 0.5) is 0 Å². The zero-order chi connectivity index (χ0) is 22.6. The van der Waals surface area contributed by atoms with E-state index in [0.29, 0.717) is 29.5 Å². The fourth-order valence-electron chi connectivity index (χ4n) is 4.43. The average Bonchev–Trinajstić information content (AvgIpc) is 3.51. The Balaban J connectivity index is 1.42. The summed E-state index contributed by atoms with van der Waals surface area (Å²) in [6.07, 6.45) is 4.86. The highest BCUT2D eigenvalue weighted by Gasteiger charge is 2.29. The molecule has 170 valence electrons. The molecule has 1 aliphatic rings. The van der Waals surface area contributed by atoms with Gasteiger partial charge in [-0.25, -0.2) is 0 Å². The quantitative estimate of drug-likeness (QED) is 0.310. The number of aromatic nitrogens is 5. The zero-order valence-corrected chi connectivity index (χ0v) is 19.7. The van der Waals surface area contributed by atoms with Crippen molar-refractivity contribution in [2.24, 2.45) is 5.92 Å². The molecule has 2 aromatic heterocycles. The van der Waals surface area contributed by atoms with Crippen molar-refractivity contribution < 1.29 is 9.15 Å². The summed E-state index contributed by atoms with van der Waals surface area (Å²) in [6.45, 7) is 2.33. The van der Waals surface area contributed by atoms with Crippen LogP contribution in [0.1, 0.15) is 44.5 Å². The molecule has 0 spiro atoms. The molecule has 1 fully saturated rings. The van der Waals surface area contributed by atoms with Crippen LogP contribution in [0.2, 0.25) is 0 Å². The smallest absolute Gasteiger partial charge is 0.247 e. The Hall–Kier alpha value is -3.13. The van der Waals surface area contributed by atoms with Crippen LogP contribution in [-0.4, -0.2) is 32.1 Å². The highest BCUT2D eigenvalue weighted by Crippen LogP contribution is 2.39. The molecule has 0 saturated heterocycles. The molecule has 8 heteroatoms. The largest absolute Gasteiger partial charge is 0.497 e. The number of nitrogens with zero attached hydrogens (tertiary/aromatic N) is 5. The van der Waals surface area contributed by atoms with E-state index in [1.807, 2.05) is 54.6 Å². The first-order chi connectivity index (χ1) is 16.2. The van der Waals surface area contributed by atoms with Crippen LogP contribution in [0, 0.1) is 5.92 Å². The van der Waals surface area contributed by atoms with E-state index in [9.17, 15) is 0 Å². The Labute approximate surface area is 197 Å². The maximum atomic E-state index is 5.90. The van der Waals surface area contributed by atoms with Gasteiger partial charge in [0.15, 0.2) is 11.0 Å². The summed E-state index contributed by atoms with van der Waals surface area (Å²) in [4.78, 5) is 0. The summed E-state index contributed by atoms with van der Waals surface area (Å²) in [5.41, 5.74) is 1.96. The van der Waals surface area contributed by atoms with Crippen LogP contribution in [0.25, 0.3) is 22.8 Å². The number of rotatable bonds is 7. The Kier molecular flexibility index (Phi) is 6.44. The number of ether oxygens (including phenoxy) is 1. The lowest BCUT2D eigenvalue weighted by Crippen LogP contribution is -2.22. The van der Waals surface area contributed by atoms with Crippen molar-refractivity contribution in [3.05, 3.63) is 60.5 Å². The van der Waals surface area contributed by atoms with Gasteiger partial charge in [-0.3, -0.25) is 4.57 Å². The van der Waals surface area contributed by atoms with E-state index >= 15 is 0 Å². The van der Waals surface area contributed by atoms with Gasteiger partial charge in [0.25, 0.3) is 0 Å². The lowest BCUT2D eigenvalue weighted by molar-refractivity contribution is 0.247. The van der Waals surface area contributed by atoms with Crippen LogP contribution < -0.4 is 4.74 Å². The predicted octanol–water partition coefficient (Wildman–Crippen LogP) is 6.05. The van der Waals surface area contributed by atoms with Crippen LogP contribution in [0.15, 0.2) is 64.2 Å². The fourth-order valence-corrected chi connectivity index (χ4v) is 5.26. The summed E-state index contributed by atoms with van der Waals surface area (Å²) in [5, 5.41) is 18.5.